The highest BCUT2D eigenvalue weighted by Crippen LogP contribution is 2.64. The molecule has 1 saturated carbocycles. The molecule has 9 nitrogen and oxygen atoms in total. The van der Waals surface area contributed by atoms with Gasteiger partial charge >= 0.3 is 0 Å². The van der Waals surface area contributed by atoms with Crippen LogP contribution in [0.4, 0.5) is 11.5 Å². The Hall–Kier alpha value is -5.32. The number of carbonyl (C=O) groups excluding carboxylic acids is 4. The number of allylic oxidation sites excluding steroid dienone is 2. The first-order valence-electron chi connectivity index (χ1n) is 18.0. The van der Waals surface area contributed by atoms with E-state index in [1.165, 1.54) is 9.80 Å². The molecule has 4 aliphatic rings. The molecule has 0 radical (unpaired) electrons. The van der Waals surface area contributed by atoms with E-state index >= 15 is 4.79 Å². The molecular weight excluding hydrogens is 720 g/mol. The average Bonchev–Trinajstić information content (AvgIpc) is 3.83. The SMILES string of the molecule is C=Cc1ccc(N2C(=O)C3CC=C4C(CC5C(=O)N(c6cc(-c7sc8ccc(Cl)cc8c7C)nn6C)C(=O)C5(C)C4c4ccc(O)c(C)c4)C3C2=O)cc1. The molecule has 5 aromatic rings. The van der Waals surface area contributed by atoms with Gasteiger partial charge < -0.3 is 5.11 Å². The Labute approximate surface area is 321 Å². The number of phenols is 1. The Morgan fingerprint density at radius 2 is 1.70 bits per heavy atom. The van der Waals surface area contributed by atoms with E-state index in [1.54, 1.807) is 66.4 Å². The molecule has 6 unspecified atom stereocenters. The second-order valence-electron chi connectivity index (χ2n) is 15.2. The van der Waals surface area contributed by atoms with Gasteiger partial charge in [0.2, 0.25) is 23.6 Å². The highest BCUT2D eigenvalue weighted by molar-refractivity contribution is 7.22. The average molecular weight is 757 g/mol. The molecule has 4 heterocycles. The summed E-state index contributed by atoms with van der Waals surface area (Å²) in [4.78, 5) is 61.9. The molecular formula is C43H37ClN4O5S. The quantitative estimate of drug-likeness (QED) is 0.143. The van der Waals surface area contributed by atoms with Crippen molar-refractivity contribution >= 4 is 74.2 Å². The zero-order valence-electron chi connectivity index (χ0n) is 30.2. The predicted molar refractivity (Wildman–Crippen MR) is 210 cm³/mol. The second-order valence-corrected chi connectivity index (χ2v) is 16.7. The summed E-state index contributed by atoms with van der Waals surface area (Å²) in [5.74, 6) is -3.87. The van der Waals surface area contributed by atoms with Crippen molar-refractivity contribution in [3.8, 4) is 16.3 Å². The van der Waals surface area contributed by atoms with E-state index in [0.29, 0.717) is 34.2 Å². The first kappa shape index (κ1) is 34.4. The molecule has 4 amide bonds. The lowest BCUT2D eigenvalue weighted by atomic mass is 9.51. The molecule has 6 atom stereocenters. The third kappa shape index (κ3) is 4.72. The molecule has 272 valence electrons. The van der Waals surface area contributed by atoms with Gasteiger partial charge in [0.1, 0.15) is 17.3 Å². The Morgan fingerprint density at radius 3 is 2.43 bits per heavy atom. The number of phenolic OH excluding ortho intramolecular Hbond substituents is 1. The molecule has 2 aromatic heterocycles. The lowest BCUT2D eigenvalue weighted by molar-refractivity contribution is -0.131. The van der Waals surface area contributed by atoms with Gasteiger partial charge in [-0.15, -0.1) is 11.3 Å². The summed E-state index contributed by atoms with van der Waals surface area (Å²) in [7, 11) is 1.73. The maximum Gasteiger partial charge on any atom is 0.242 e. The lowest BCUT2D eigenvalue weighted by Gasteiger charge is -2.49. The van der Waals surface area contributed by atoms with Crippen molar-refractivity contribution in [1.29, 1.82) is 0 Å². The summed E-state index contributed by atoms with van der Waals surface area (Å²) in [5, 5.41) is 17.0. The van der Waals surface area contributed by atoms with Crippen molar-refractivity contribution in [2.24, 2.45) is 36.1 Å². The van der Waals surface area contributed by atoms with E-state index in [2.05, 4.69) is 6.58 Å². The van der Waals surface area contributed by atoms with E-state index in [9.17, 15) is 19.5 Å². The molecule has 2 aliphatic carbocycles. The number of thiophene rings is 1. The van der Waals surface area contributed by atoms with Crippen molar-refractivity contribution in [2.75, 3.05) is 9.80 Å². The van der Waals surface area contributed by atoms with Crippen molar-refractivity contribution in [2.45, 2.75) is 39.5 Å². The number of imide groups is 2. The molecule has 3 fully saturated rings. The van der Waals surface area contributed by atoms with Crippen LogP contribution in [-0.4, -0.2) is 38.5 Å². The molecule has 0 spiro atoms. The van der Waals surface area contributed by atoms with E-state index in [-0.39, 0.29) is 35.8 Å². The van der Waals surface area contributed by atoms with Crippen LogP contribution in [0.1, 0.15) is 47.9 Å². The maximum absolute atomic E-state index is 15.1. The van der Waals surface area contributed by atoms with Crippen molar-refractivity contribution < 1.29 is 24.3 Å². The van der Waals surface area contributed by atoms with Crippen LogP contribution in [0.2, 0.25) is 5.02 Å². The van der Waals surface area contributed by atoms with Crippen LogP contribution in [0, 0.1) is 42.9 Å². The third-order valence-corrected chi connectivity index (χ3v) is 14.0. The van der Waals surface area contributed by atoms with Gasteiger partial charge in [-0.25, -0.2) is 4.90 Å². The number of anilines is 2. The van der Waals surface area contributed by atoms with Gasteiger partial charge in [0.25, 0.3) is 0 Å². The number of rotatable bonds is 5. The number of aryl methyl sites for hydroxylation is 3. The van der Waals surface area contributed by atoms with Gasteiger partial charge in [0.15, 0.2) is 0 Å². The van der Waals surface area contributed by atoms with E-state index in [1.807, 2.05) is 56.3 Å². The van der Waals surface area contributed by atoms with Crippen molar-refractivity contribution in [1.82, 2.24) is 9.78 Å². The smallest absolute Gasteiger partial charge is 0.242 e. The summed E-state index contributed by atoms with van der Waals surface area (Å²) >= 11 is 7.90. The molecule has 9 rings (SSSR count). The summed E-state index contributed by atoms with van der Waals surface area (Å²) in [6.45, 7) is 9.48. The van der Waals surface area contributed by atoms with Crippen LogP contribution >= 0.6 is 22.9 Å². The summed E-state index contributed by atoms with van der Waals surface area (Å²) in [6.07, 6.45) is 4.32. The minimum Gasteiger partial charge on any atom is -0.508 e. The summed E-state index contributed by atoms with van der Waals surface area (Å²) in [5.41, 5.74) is 4.09. The van der Waals surface area contributed by atoms with Gasteiger partial charge in [-0.1, -0.05) is 60.2 Å². The first-order chi connectivity index (χ1) is 25.8. The largest absolute Gasteiger partial charge is 0.508 e. The van der Waals surface area contributed by atoms with Gasteiger partial charge in [-0.05, 0) is 104 Å². The number of nitrogens with zero attached hydrogens (tertiary/aromatic N) is 4. The Kier molecular flexibility index (Phi) is 7.72. The number of hydrogen-bond acceptors (Lipinski definition) is 7. The van der Waals surface area contributed by atoms with E-state index in [4.69, 9.17) is 16.7 Å². The standard InChI is InChI=1S/C43H37ClN4O5S/c1-6-23-7-11-26(12-8-23)47-39(50)28-14-13-27-30(36(28)41(47)52)19-31-40(51)48(42(53)43(31,4)37(27)24-9-15-33(49)21(2)17-24)35-20-32(45-46(35)5)38-22(3)29-18-25(44)10-16-34(29)54-38/h6-13,15-18,20,28,30-31,36-37,49H,1,14,19H2,2-5H3. The highest BCUT2D eigenvalue weighted by Gasteiger charge is 2.68. The fourth-order valence-corrected chi connectivity index (χ4v) is 11.0. The molecule has 1 N–H and O–H groups in total. The second kappa shape index (κ2) is 12.1. The predicted octanol–water partition coefficient (Wildman–Crippen LogP) is 8.36. The number of carbonyl (C=O) groups is 4. The van der Waals surface area contributed by atoms with Crippen molar-refractivity contribution in [3.05, 3.63) is 112 Å². The van der Waals surface area contributed by atoms with Gasteiger partial charge in [-0.3, -0.25) is 28.8 Å². The van der Waals surface area contributed by atoms with E-state index in [0.717, 1.165) is 37.2 Å². The van der Waals surface area contributed by atoms with Gasteiger partial charge in [0.05, 0.1) is 33.7 Å². The zero-order valence-corrected chi connectivity index (χ0v) is 31.7. The van der Waals surface area contributed by atoms with Crippen LogP contribution < -0.4 is 9.80 Å². The van der Waals surface area contributed by atoms with Crippen LogP contribution in [0.25, 0.3) is 26.7 Å². The molecule has 2 saturated heterocycles. The monoisotopic (exact) mass is 756 g/mol. The number of aromatic nitrogens is 2. The van der Waals surface area contributed by atoms with Crippen molar-refractivity contribution in [3.63, 3.8) is 0 Å². The first-order valence-corrected chi connectivity index (χ1v) is 19.2. The molecule has 54 heavy (non-hydrogen) atoms. The Balaban J connectivity index is 1.15. The number of benzene rings is 3. The lowest BCUT2D eigenvalue weighted by Crippen LogP contribution is -2.49. The molecule has 0 bridgehead atoms. The summed E-state index contributed by atoms with van der Waals surface area (Å²) in [6, 6.07) is 20.0. The fraction of sp³-hybridized carbons (Fsp3) is 0.279. The van der Waals surface area contributed by atoms with Gasteiger partial charge in [0, 0.05) is 28.8 Å². The van der Waals surface area contributed by atoms with Crippen LogP contribution in [0.5, 0.6) is 5.75 Å². The Bertz CT molecular complexity index is 2530. The number of aromatic hydroxyl groups is 1. The maximum atomic E-state index is 15.1. The van der Waals surface area contributed by atoms with Crippen LogP contribution in [-0.2, 0) is 26.2 Å². The molecule has 3 aromatic carbocycles. The Morgan fingerprint density at radius 1 is 0.944 bits per heavy atom. The van der Waals surface area contributed by atoms with Crippen LogP contribution in [0.15, 0.2) is 85.0 Å². The van der Waals surface area contributed by atoms with E-state index < -0.39 is 35.0 Å². The zero-order chi connectivity index (χ0) is 38.0. The topological polar surface area (TPSA) is 113 Å². The minimum atomic E-state index is -1.23. The number of fused-ring (bicyclic) bond motifs is 5. The normalized spacial score (nSPS) is 26.3. The number of amides is 4. The highest BCUT2D eigenvalue weighted by atomic mass is 35.5. The van der Waals surface area contributed by atoms with Gasteiger partial charge in [-0.2, -0.15) is 5.10 Å². The number of halogens is 1. The number of hydrogen-bond donors (Lipinski definition) is 1. The molecule has 11 heteroatoms. The summed E-state index contributed by atoms with van der Waals surface area (Å²) < 4.78 is 2.64. The van der Waals surface area contributed by atoms with Crippen LogP contribution in [0.3, 0.4) is 0 Å². The fourth-order valence-electron chi connectivity index (χ4n) is 9.70. The third-order valence-electron chi connectivity index (χ3n) is 12.4. The minimum absolute atomic E-state index is 0.122. The molecule has 2 aliphatic heterocycles.